The number of nitrogens with one attached hydrogen (secondary N) is 1. The summed E-state index contributed by atoms with van der Waals surface area (Å²) in [5.74, 6) is 1.09. The van der Waals surface area contributed by atoms with E-state index in [9.17, 15) is 19.8 Å². The minimum absolute atomic E-state index is 0.0143. The average molecular weight is 1730 g/mol. The van der Waals surface area contributed by atoms with Crippen molar-refractivity contribution in [3.05, 3.63) is 72.9 Å². The van der Waals surface area contributed by atoms with Gasteiger partial charge in [-0.1, -0.05) is 207 Å². The molecule has 1 aromatic rings. The molecule has 0 radical (unpaired) electrons. The van der Waals surface area contributed by atoms with E-state index in [-0.39, 0.29) is 97.3 Å². The van der Waals surface area contributed by atoms with Crippen LogP contribution >= 0.6 is 0 Å². The lowest BCUT2D eigenvalue weighted by Crippen LogP contribution is -2.50. The Morgan fingerprint density at radius 1 is 0.526 bits per heavy atom. The highest BCUT2D eigenvalue weighted by molar-refractivity contribution is 6.76. The number of carbonyl (C=O) groups excluding carboxylic acids is 2. The summed E-state index contributed by atoms with van der Waals surface area (Å²) in [5, 5.41) is 26.9. The van der Waals surface area contributed by atoms with E-state index in [1.54, 1.807) is 26.4 Å². The third-order valence-electron chi connectivity index (χ3n) is 26.4. The van der Waals surface area contributed by atoms with Crippen molar-refractivity contribution in [2.45, 2.75) is 430 Å². The van der Waals surface area contributed by atoms with E-state index in [4.69, 9.17) is 59.4 Å². The third-order valence-corrected chi connectivity index (χ3v) is 58.0. The van der Waals surface area contributed by atoms with E-state index in [0.29, 0.717) is 82.6 Å². The molecule has 25 heteroatoms. The van der Waals surface area contributed by atoms with Crippen LogP contribution in [0.25, 0.3) is 0 Å². The fourth-order valence-corrected chi connectivity index (χ4v) is 21.3. The lowest BCUT2D eigenvalue weighted by molar-refractivity contribution is -0.102. The topological polar surface area (TPSA) is 207 Å². The molecule has 1 fully saturated rings. The summed E-state index contributed by atoms with van der Waals surface area (Å²) in [6.07, 6.45) is 14.6. The van der Waals surface area contributed by atoms with Crippen LogP contribution < -0.4 is 14.8 Å². The second kappa shape index (κ2) is 44.5. The van der Waals surface area contributed by atoms with Crippen LogP contribution in [-0.4, -0.2) is 182 Å². The quantitative estimate of drug-likeness (QED) is 0.0240. The molecular formula is C89H173NO17Si7. The van der Waals surface area contributed by atoms with Crippen molar-refractivity contribution >= 4 is 70.5 Å². The minimum Gasteiger partial charge on any atom is -0.493 e. The smallest absolute Gasteiger partial charge is 0.493 e. The zero-order valence-corrected chi connectivity index (χ0v) is 86.7. The molecule has 0 bridgehead atoms. The number of methoxy groups -OCH3 is 2. The second-order valence-corrected chi connectivity index (χ2v) is 76.7. The van der Waals surface area contributed by atoms with Gasteiger partial charge in [0.25, 0.3) is 0 Å². The largest absolute Gasteiger partial charge is 0.508 e. The van der Waals surface area contributed by atoms with Gasteiger partial charge in [-0.3, -0.25) is 0 Å². The van der Waals surface area contributed by atoms with Gasteiger partial charge in [0.1, 0.15) is 18.8 Å². The Bertz CT molecular complexity index is 3120. The first-order valence-electron chi connectivity index (χ1n) is 42.8. The number of cyclic esters (lactones) is 2. The van der Waals surface area contributed by atoms with Gasteiger partial charge in [0.2, 0.25) is 0 Å². The summed E-state index contributed by atoms with van der Waals surface area (Å²) >= 11 is 0. The first-order valence-corrected chi connectivity index (χ1v) is 63.2. The van der Waals surface area contributed by atoms with Crippen LogP contribution in [0.5, 0.6) is 11.5 Å². The van der Waals surface area contributed by atoms with Crippen LogP contribution in [0.15, 0.2) is 67.3 Å². The van der Waals surface area contributed by atoms with E-state index < -0.39 is 101 Å². The minimum atomic E-state index is -2.47. The zero-order valence-electron chi connectivity index (χ0n) is 79.7. The van der Waals surface area contributed by atoms with Crippen molar-refractivity contribution in [3.63, 3.8) is 0 Å². The lowest BCUT2D eigenvalue weighted by atomic mass is 9.90. The van der Waals surface area contributed by atoms with E-state index in [0.717, 1.165) is 18.4 Å². The molecule has 18 nitrogen and oxygen atoms in total. The number of hydrogen-bond donors (Lipinski definition) is 3. The standard InChI is InChI=1S/C89H173NO17Si7/c1-40-56-98-81(93)90-55-44-51-71(102-109(28,29)84(6,7)8)48-42-47-70(101-108(26,27)83(3,4)5)49-43-50-72(103-110(30,31)85(9,10)11)61-76(106-113(36,37)88(18,19)20)63-75(105-112(34,35)87(15,16)17)60-69(92)46-41-45-68(91)59-74(104-111(32,33)86(12,13)14)62-73-64-79(100-82(94)99-73)66(2)77(107-114(38,39)89(21,22)23)54-57-97-65-67-52-53-78(95-24)80(58-67)96-25/h40-43,45,47,50,52-53,58,66,68-77,79,91-92H,1,44,46,48-49,51,54-57,59-65H2,2-39H3,(H,90,93)/b45-41+,47-42+,50-43+/t66-,68-,69-,70-,71+,72-,73-,74-,75+,76+,77+,79-/m1/s1. The molecule has 0 aliphatic carbocycles. The summed E-state index contributed by atoms with van der Waals surface area (Å²) < 4.78 is 86.2. The molecule has 1 saturated heterocycles. The predicted octanol–water partition coefficient (Wildman–Crippen LogP) is 24.5. The van der Waals surface area contributed by atoms with Gasteiger partial charge < -0.3 is 74.9 Å². The number of alkyl carbamates (subject to hydrolysis) is 1. The van der Waals surface area contributed by atoms with Crippen molar-refractivity contribution in [1.29, 1.82) is 0 Å². The maximum atomic E-state index is 13.7. The molecule has 1 heterocycles. The van der Waals surface area contributed by atoms with Gasteiger partial charge in [0.15, 0.2) is 69.7 Å². The maximum absolute atomic E-state index is 13.7. The summed E-state index contributed by atoms with van der Waals surface area (Å²) in [5.41, 5.74) is 0.956. The highest BCUT2D eigenvalue weighted by Gasteiger charge is 2.49. The number of aliphatic hydroxyl groups is 2. The molecule has 1 aliphatic rings. The molecule has 1 amide bonds. The first kappa shape index (κ1) is 108. The molecule has 0 saturated carbocycles. The Balaban J connectivity index is 2.69. The molecule has 114 heavy (non-hydrogen) atoms. The number of amides is 1. The lowest BCUT2D eigenvalue weighted by Gasteiger charge is -2.44. The summed E-state index contributed by atoms with van der Waals surface area (Å²) in [4.78, 5) is 26.0. The predicted molar refractivity (Wildman–Crippen MR) is 492 cm³/mol. The number of benzene rings is 1. The molecule has 0 aromatic heterocycles. The van der Waals surface area contributed by atoms with Gasteiger partial charge >= 0.3 is 12.2 Å². The SMILES string of the molecule is C=CCOC(=O)NCCC[C@H](C/C=C/[C@H](C/C=C/[C@H](C[C@@H](C[C@H](C[C@H](O)C/C=C/[C@@H](O)C[C@H](C[C@@H]1C[C@H]([C@H](C)[C@H](CCOCc2ccc(OC)c(OC)c2)O[Si](C)(C)C(C)(C)C)OC(=O)O1)O[Si](C)(C)C(C)(C)C)O[Si](C)(C)C(C)(C)C)O[Si](C)(C)C(C)(C)C)O[Si](C)(C)C(C)(C)C)O[Si](C)(C)C(C)(C)C)O[Si](C)(C)C(C)(C)C. The maximum Gasteiger partial charge on any atom is 0.508 e. The fraction of sp³-hybridized carbons (Fsp3) is 0.820. The highest BCUT2D eigenvalue weighted by atomic mass is 28.4. The molecule has 2 rings (SSSR count). The monoisotopic (exact) mass is 1720 g/mol. The molecule has 12 atom stereocenters. The number of hydrogen-bond acceptors (Lipinski definition) is 17. The average Bonchev–Trinajstić information content (AvgIpc) is 0.814. The Morgan fingerprint density at radius 2 is 0.965 bits per heavy atom. The van der Waals surface area contributed by atoms with Gasteiger partial charge in [-0.05, 0) is 196 Å². The van der Waals surface area contributed by atoms with Crippen LogP contribution in [0, 0.1) is 5.92 Å². The molecule has 1 aliphatic heterocycles. The van der Waals surface area contributed by atoms with Crippen LogP contribution in [-0.2, 0) is 56.5 Å². The van der Waals surface area contributed by atoms with E-state index >= 15 is 0 Å². The van der Waals surface area contributed by atoms with Crippen molar-refractivity contribution < 1.29 is 79.2 Å². The van der Waals surface area contributed by atoms with E-state index in [1.807, 2.05) is 24.3 Å². The number of carbonyl (C=O) groups is 2. The Labute approximate surface area is 704 Å². The van der Waals surface area contributed by atoms with Crippen LogP contribution in [0.2, 0.25) is 127 Å². The van der Waals surface area contributed by atoms with Crippen molar-refractivity contribution in [2.75, 3.05) is 34.0 Å². The van der Waals surface area contributed by atoms with Crippen LogP contribution in [0.1, 0.15) is 235 Å². The molecule has 664 valence electrons. The summed E-state index contributed by atoms with van der Waals surface area (Å²) in [6, 6.07) is 5.77. The zero-order chi connectivity index (χ0) is 88.1. The molecule has 1 aromatic carbocycles. The molecule has 0 unspecified atom stereocenters. The molecular weight excluding hydrogens is 1550 g/mol. The first-order chi connectivity index (χ1) is 51.6. The molecule has 0 spiro atoms. The van der Waals surface area contributed by atoms with Crippen molar-refractivity contribution in [1.82, 2.24) is 5.32 Å². The van der Waals surface area contributed by atoms with E-state index in [2.05, 4.69) is 280 Å². The Morgan fingerprint density at radius 3 is 1.46 bits per heavy atom. The fourth-order valence-electron chi connectivity index (χ4n) is 11.7. The van der Waals surface area contributed by atoms with Gasteiger partial charge in [-0.2, -0.15) is 0 Å². The van der Waals surface area contributed by atoms with Gasteiger partial charge in [-0.25, -0.2) is 9.59 Å². The summed E-state index contributed by atoms with van der Waals surface area (Å²) in [7, 11) is -13.3. The van der Waals surface area contributed by atoms with Gasteiger partial charge in [0, 0.05) is 57.0 Å². The molecule has 3 N–H and O–H groups in total. The number of aliphatic hydroxyl groups excluding tert-OH is 2. The van der Waals surface area contributed by atoms with Crippen LogP contribution in [0.3, 0.4) is 0 Å². The third kappa shape index (κ3) is 36.2. The normalized spacial score (nSPS) is 18.9. The van der Waals surface area contributed by atoms with Crippen molar-refractivity contribution in [3.8, 4) is 11.5 Å². The second-order valence-electron chi connectivity index (χ2n) is 43.4. The summed E-state index contributed by atoms with van der Waals surface area (Å²) in [6.45, 7) is 86.7. The van der Waals surface area contributed by atoms with Crippen LogP contribution in [0.4, 0.5) is 9.59 Å². The Hall–Kier alpha value is -2.56. The highest BCUT2D eigenvalue weighted by Crippen LogP contribution is 2.47. The van der Waals surface area contributed by atoms with Gasteiger partial charge in [-0.15, -0.1) is 0 Å². The number of ether oxygens (including phenoxy) is 6. The number of rotatable bonds is 48. The van der Waals surface area contributed by atoms with Crippen molar-refractivity contribution in [2.24, 2.45) is 5.92 Å². The van der Waals surface area contributed by atoms with E-state index in [1.165, 1.54) is 0 Å². The Kier molecular flexibility index (Phi) is 41.9. The van der Waals surface area contributed by atoms with Gasteiger partial charge in [0.05, 0.1) is 63.6 Å².